The number of rotatable bonds is 8. The maximum atomic E-state index is 9.82. The molecule has 3 unspecified atom stereocenters. The molecule has 0 spiro atoms. The van der Waals surface area contributed by atoms with Crippen LogP contribution in [0.25, 0.3) is 0 Å². The van der Waals surface area contributed by atoms with Crippen molar-refractivity contribution in [1.29, 1.82) is 0 Å². The Morgan fingerprint density at radius 2 is 2.11 bits per heavy atom. The fourth-order valence-corrected chi connectivity index (χ4v) is 1.87. The van der Waals surface area contributed by atoms with Crippen LogP contribution in [0.2, 0.25) is 0 Å². The lowest BCUT2D eigenvalue weighted by atomic mass is 10.1. The fourth-order valence-electron chi connectivity index (χ4n) is 1.49. The Hall–Kier alpha value is -0.620. The Kier molecular flexibility index (Phi) is 7.38. The van der Waals surface area contributed by atoms with Crippen molar-refractivity contribution in [2.75, 3.05) is 19.8 Å². The van der Waals surface area contributed by atoms with Gasteiger partial charge in [-0.3, -0.25) is 0 Å². The number of ether oxygens (including phenoxy) is 1. The lowest BCUT2D eigenvalue weighted by Gasteiger charge is -2.21. The zero-order chi connectivity index (χ0) is 14.3. The molecule has 1 rings (SSSR count). The molecule has 5 heteroatoms. The summed E-state index contributed by atoms with van der Waals surface area (Å²) in [4.78, 5) is 0. The molecule has 3 atom stereocenters. The van der Waals surface area contributed by atoms with Crippen LogP contribution in [0.15, 0.2) is 28.7 Å². The van der Waals surface area contributed by atoms with Crippen molar-refractivity contribution in [3.63, 3.8) is 0 Å². The molecular weight excluding hydrogens is 310 g/mol. The number of halogens is 1. The third-order valence-electron chi connectivity index (χ3n) is 3.06. The van der Waals surface area contributed by atoms with Gasteiger partial charge in [0.05, 0.1) is 0 Å². The van der Waals surface area contributed by atoms with E-state index in [-0.39, 0.29) is 25.2 Å². The van der Waals surface area contributed by atoms with E-state index in [1.807, 2.05) is 38.1 Å². The van der Waals surface area contributed by atoms with Crippen LogP contribution in [0.4, 0.5) is 0 Å². The number of benzene rings is 1. The van der Waals surface area contributed by atoms with E-state index in [0.29, 0.717) is 6.54 Å². The van der Waals surface area contributed by atoms with Crippen LogP contribution in [0.1, 0.15) is 13.8 Å². The van der Waals surface area contributed by atoms with Crippen molar-refractivity contribution in [3.8, 4) is 5.75 Å². The standard InChI is InChI=1S/C14H22BrNO3/c1-10(8-17)11(2)16-7-13(18)9-19-14-5-3-4-12(15)6-14/h3-6,10-11,13,16-18H,7-9H2,1-2H3. The minimum atomic E-state index is -0.577. The van der Waals surface area contributed by atoms with E-state index in [4.69, 9.17) is 9.84 Å². The molecule has 0 heterocycles. The van der Waals surface area contributed by atoms with E-state index in [9.17, 15) is 5.11 Å². The first-order chi connectivity index (χ1) is 9.02. The summed E-state index contributed by atoms with van der Waals surface area (Å²) in [6.07, 6.45) is -0.577. The van der Waals surface area contributed by atoms with E-state index in [0.717, 1.165) is 10.2 Å². The lowest BCUT2D eigenvalue weighted by Crippen LogP contribution is -2.40. The average Bonchev–Trinajstić information content (AvgIpc) is 2.41. The van der Waals surface area contributed by atoms with Gasteiger partial charge < -0.3 is 20.3 Å². The second-order valence-corrected chi connectivity index (χ2v) is 5.69. The molecular formula is C14H22BrNO3. The molecule has 4 nitrogen and oxygen atoms in total. The second kappa shape index (κ2) is 8.53. The van der Waals surface area contributed by atoms with Gasteiger partial charge in [0.25, 0.3) is 0 Å². The Balaban J connectivity index is 2.26. The number of hydrogen-bond donors (Lipinski definition) is 3. The first-order valence-electron chi connectivity index (χ1n) is 6.43. The van der Waals surface area contributed by atoms with Gasteiger partial charge in [-0.2, -0.15) is 0 Å². The van der Waals surface area contributed by atoms with E-state index >= 15 is 0 Å². The predicted octanol–water partition coefficient (Wildman–Crippen LogP) is 1.80. The minimum Gasteiger partial charge on any atom is -0.491 e. The van der Waals surface area contributed by atoms with Crippen LogP contribution in [0.5, 0.6) is 5.75 Å². The molecule has 0 bridgehead atoms. The van der Waals surface area contributed by atoms with Crippen LogP contribution in [-0.4, -0.2) is 42.1 Å². The monoisotopic (exact) mass is 331 g/mol. The predicted molar refractivity (Wildman–Crippen MR) is 79.4 cm³/mol. The van der Waals surface area contributed by atoms with Gasteiger partial charge in [-0.1, -0.05) is 28.9 Å². The molecule has 1 aromatic rings. The molecule has 0 radical (unpaired) electrons. The van der Waals surface area contributed by atoms with Crippen molar-refractivity contribution >= 4 is 15.9 Å². The maximum absolute atomic E-state index is 9.82. The number of hydrogen-bond acceptors (Lipinski definition) is 4. The van der Waals surface area contributed by atoms with Crippen LogP contribution in [-0.2, 0) is 0 Å². The first-order valence-corrected chi connectivity index (χ1v) is 7.23. The SMILES string of the molecule is CC(CO)C(C)NCC(O)COc1cccc(Br)c1. The molecule has 108 valence electrons. The fraction of sp³-hybridized carbons (Fsp3) is 0.571. The molecule has 0 aromatic heterocycles. The quantitative estimate of drug-likeness (QED) is 0.679. The van der Waals surface area contributed by atoms with Gasteiger partial charge in [0, 0.05) is 23.7 Å². The molecule has 0 fully saturated rings. The highest BCUT2D eigenvalue weighted by molar-refractivity contribution is 9.10. The topological polar surface area (TPSA) is 61.7 Å². The van der Waals surface area contributed by atoms with Crippen molar-refractivity contribution in [1.82, 2.24) is 5.32 Å². The van der Waals surface area contributed by atoms with Crippen molar-refractivity contribution in [3.05, 3.63) is 28.7 Å². The second-order valence-electron chi connectivity index (χ2n) is 4.78. The lowest BCUT2D eigenvalue weighted by molar-refractivity contribution is 0.0992. The first kappa shape index (κ1) is 16.4. The van der Waals surface area contributed by atoms with Gasteiger partial charge in [0.15, 0.2) is 0 Å². The van der Waals surface area contributed by atoms with Crippen LogP contribution in [0, 0.1) is 5.92 Å². The molecule has 19 heavy (non-hydrogen) atoms. The van der Waals surface area contributed by atoms with Gasteiger partial charge in [-0.25, -0.2) is 0 Å². The van der Waals surface area contributed by atoms with Crippen molar-refractivity contribution in [2.45, 2.75) is 26.0 Å². The minimum absolute atomic E-state index is 0.138. The third-order valence-corrected chi connectivity index (χ3v) is 3.55. The summed E-state index contributed by atoms with van der Waals surface area (Å²) in [5.74, 6) is 0.892. The third kappa shape index (κ3) is 6.38. The summed E-state index contributed by atoms with van der Waals surface area (Å²) in [7, 11) is 0. The van der Waals surface area contributed by atoms with Gasteiger partial charge in [0.1, 0.15) is 18.5 Å². The van der Waals surface area contributed by atoms with E-state index in [2.05, 4.69) is 21.2 Å². The summed E-state index contributed by atoms with van der Waals surface area (Å²) in [6.45, 7) is 4.77. The Bertz CT molecular complexity index is 375. The zero-order valence-corrected chi connectivity index (χ0v) is 12.9. The molecule has 3 N–H and O–H groups in total. The number of aliphatic hydroxyl groups excluding tert-OH is 2. The zero-order valence-electron chi connectivity index (χ0n) is 11.3. The highest BCUT2D eigenvalue weighted by Gasteiger charge is 2.12. The largest absolute Gasteiger partial charge is 0.491 e. The van der Waals surface area contributed by atoms with Crippen LogP contribution < -0.4 is 10.1 Å². The Labute approximate surface area is 122 Å². The van der Waals surface area contributed by atoms with Gasteiger partial charge >= 0.3 is 0 Å². The maximum Gasteiger partial charge on any atom is 0.120 e. The van der Waals surface area contributed by atoms with Crippen LogP contribution >= 0.6 is 15.9 Å². The van der Waals surface area contributed by atoms with E-state index in [1.54, 1.807) is 0 Å². The Morgan fingerprint density at radius 1 is 1.37 bits per heavy atom. The molecule has 0 aliphatic heterocycles. The van der Waals surface area contributed by atoms with Gasteiger partial charge in [-0.15, -0.1) is 0 Å². The Morgan fingerprint density at radius 3 is 2.74 bits per heavy atom. The van der Waals surface area contributed by atoms with E-state index in [1.165, 1.54) is 0 Å². The number of aliphatic hydroxyl groups is 2. The van der Waals surface area contributed by atoms with Gasteiger partial charge in [0.2, 0.25) is 0 Å². The molecule has 0 aliphatic rings. The summed E-state index contributed by atoms with van der Waals surface area (Å²) in [6, 6.07) is 7.67. The van der Waals surface area contributed by atoms with E-state index < -0.39 is 6.10 Å². The molecule has 0 amide bonds. The molecule has 0 saturated heterocycles. The van der Waals surface area contributed by atoms with Crippen LogP contribution in [0.3, 0.4) is 0 Å². The summed E-state index contributed by atoms with van der Waals surface area (Å²) < 4.78 is 6.45. The number of nitrogens with one attached hydrogen (secondary N) is 1. The average molecular weight is 332 g/mol. The highest BCUT2D eigenvalue weighted by atomic mass is 79.9. The smallest absolute Gasteiger partial charge is 0.120 e. The van der Waals surface area contributed by atoms with Crippen molar-refractivity contribution in [2.24, 2.45) is 5.92 Å². The molecule has 0 aliphatic carbocycles. The van der Waals surface area contributed by atoms with Crippen molar-refractivity contribution < 1.29 is 14.9 Å². The van der Waals surface area contributed by atoms with Gasteiger partial charge in [-0.05, 0) is 31.0 Å². The summed E-state index contributed by atoms with van der Waals surface area (Å²) >= 11 is 3.36. The highest BCUT2D eigenvalue weighted by Crippen LogP contribution is 2.17. The normalized spacial score (nSPS) is 15.8. The molecule has 0 saturated carbocycles. The molecule has 1 aromatic carbocycles. The summed E-state index contributed by atoms with van der Waals surface area (Å²) in [5.41, 5.74) is 0. The summed E-state index contributed by atoms with van der Waals surface area (Å²) in [5, 5.41) is 22.0.